The number of halogens is 1. The molecule has 1 heterocycles. The Bertz CT molecular complexity index is 636. The van der Waals surface area contributed by atoms with Gasteiger partial charge in [0.2, 0.25) is 0 Å². The van der Waals surface area contributed by atoms with Crippen LogP contribution in [-0.2, 0) is 11.3 Å². The minimum atomic E-state index is -0.432. The molecule has 0 saturated heterocycles. The number of hydrogen-bond donors (Lipinski definition) is 1. The summed E-state index contributed by atoms with van der Waals surface area (Å²) in [5.41, 5.74) is 1.86. The summed E-state index contributed by atoms with van der Waals surface area (Å²) in [6, 6.07) is 6.76. The first-order chi connectivity index (χ1) is 10.0. The van der Waals surface area contributed by atoms with Crippen LogP contribution in [0, 0.1) is 12.7 Å². The molecule has 0 bridgehead atoms. The van der Waals surface area contributed by atoms with E-state index in [1.165, 1.54) is 19.4 Å². The average Bonchev–Trinajstić information content (AvgIpc) is 2.95. The molecule has 0 saturated carbocycles. The van der Waals surface area contributed by atoms with Crippen LogP contribution in [0.4, 0.5) is 4.39 Å². The summed E-state index contributed by atoms with van der Waals surface area (Å²) >= 11 is 0. The minimum absolute atomic E-state index is 0.0354. The second-order valence-corrected chi connectivity index (χ2v) is 4.90. The summed E-state index contributed by atoms with van der Waals surface area (Å²) in [6.07, 6.45) is 1.36. The van der Waals surface area contributed by atoms with Crippen LogP contribution < -0.4 is 5.32 Å². The number of nitrogens with one attached hydrogen (secondary N) is 1. The van der Waals surface area contributed by atoms with Crippen molar-refractivity contribution in [2.24, 2.45) is 0 Å². The van der Waals surface area contributed by atoms with Crippen molar-refractivity contribution in [2.75, 3.05) is 7.11 Å². The topological polar surface area (TPSA) is 51.5 Å². The molecule has 1 aromatic heterocycles. The van der Waals surface area contributed by atoms with Crippen LogP contribution in [0.15, 0.2) is 34.9 Å². The normalized spacial score (nSPS) is 12.2. The van der Waals surface area contributed by atoms with Gasteiger partial charge < -0.3 is 14.5 Å². The number of ether oxygens (including phenoxy) is 1. The minimum Gasteiger partial charge on any atom is -0.467 e. The summed E-state index contributed by atoms with van der Waals surface area (Å²) in [5.74, 6) is -0.0272. The highest BCUT2D eigenvalue weighted by Gasteiger charge is 2.12. The average molecular weight is 291 g/mol. The zero-order valence-electron chi connectivity index (χ0n) is 12.3. The fraction of sp³-hybridized carbons (Fsp3) is 0.312. The van der Waals surface area contributed by atoms with E-state index in [-0.39, 0.29) is 11.9 Å². The molecule has 5 heteroatoms. The number of furan rings is 1. The molecule has 4 nitrogen and oxygen atoms in total. The molecule has 0 spiro atoms. The second kappa shape index (κ2) is 6.54. The Kier molecular flexibility index (Phi) is 4.75. The van der Waals surface area contributed by atoms with Crippen LogP contribution >= 0.6 is 0 Å². The standard InChI is InChI=1S/C16H18FNO3/c1-10-4-5-12(7-15(10)17)11(2)18-8-14-6-13(9-21-14)16(19)20-3/h4-7,9,11,18H,8H2,1-3H3. The van der Waals surface area contributed by atoms with Crippen molar-refractivity contribution in [3.63, 3.8) is 0 Å². The Morgan fingerprint density at radius 2 is 2.19 bits per heavy atom. The van der Waals surface area contributed by atoms with Crippen molar-refractivity contribution < 1.29 is 18.3 Å². The molecule has 21 heavy (non-hydrogen) atoms. The molecule has 0 aliphatic heterocycles. The predicted molar refractivity (Wildman–Crippen MR) is 76.4 cm³/mol. The summed E-state index contributed by atoms with van der Waals surface area (Å²) in [7, 11) is 1.32. The first kappa shape index (κ1) is 15.3. The maximum Gasteiger partial charge on any atom is 0.341 e. The molecule has 112 valence electrons. The van der Waals surface area contributed by atoms with E-state index in [1.807, 2.05) is 13.0 Å². The summed E-state index contributed by atoms with van der Waals surface area (Å²) in [4.78, 5) is 11.3. The zero-order chi connectivity index (χ0) is 15.4. The van der Waals surface area contributed by atoms with Gasteiger partial charge in [0.1, 0.15) is 17.8 Å². The van der Waals surface area contributed by atoms with Crippen molar-refractivity contribution in [2.45, 2.75) is 26.4 Å². The maximum absolute atomic E-state index is 13.5. The molecule has 0 fully saturated rings. The summed E-state index contributed by atoms with van der Waals surface area (Å²) in [5, 5.41) is 3.22. The Morgan fingerprint density at radius 1 is 1.43 bits per heavy atom. The van der Waals surface area contributed by atoms with Gasteiger partial charge in [-0.2, -0.15) is 0 Å². The van der Waals surface area contributed by atoms with Crippen LogP contribution in [-0.4, -0.2) is 13.1 Å². The largest absolute Gasteiger partial charge is 0.467 e. The van der Waals surface area contributed by atoms with Crippen molar-refractivity contribution in [1.82, 2.24) is 5.32 Å². The van der Waals surface area contributed by atoms with E-state index in [4.69, 9.17) is 4.42 Å². The van der Waals surface area contributed by atoms with E-state index in [9.17, 15) is 9.18 Å². The van der Waals surface area contributed by atoms with Crippen LogP contribution in [0.25, 0.3) is 0 Å². The van der Waals surface area contributed by atoms with Crippen molar-refractivity contribution in [3.05, 3.63) is 58.8 Å². The highest BCUT2D eigenvalue weighted by Crippen LogP contribution is 2.17. The summed E-state index contributed by atoms with van der Waals surface area (Å²) in [6.45, 7) is 4.11. The number of hydrogen-bond acceptors (Lipinski definition) is 4. The van der Waals surface area contributed by atoms with Crippen LogP contribution in [0.2, 0.25) is 0 Å². The van der Waals surface area contributed by atoms with E-state index in [1.54, 1.807) is 19.1 Å². The van der Waals surface area contributed by atoms with E-state index in [0.29, 0.717) is 23.4 Å². The van der Waals surface area contributed by atoms with Gasteiger partial charge >= 0.3 is 5.97 Å². The molecule has 0 radical (unpaired) electrons. The number of esters is 1. The van der Waals surface area contributed by atoms with E-state index in [2.05, 4.69) is 10.1 Å². The SMILES string of the molecule is COC(=O)c1coc(CNC(C)c2ccc(C)c(F)c2)c1. The van der Waals surface area contributed by atoms with Gasteiger partial charge in [-0.3, -0.25) is 0 Å². The van der Waals surface area contributed by atoms with E-state index in [0.717, 1.165) is 5.56 Å². The fourth-order valence-corrected chi connectivity index (χ4v) is 1.95. The van der Waals surface area contributed by atoms with Gasteiger partial charge in [0.15, 0.2) is 0 Å². The maximum atomic E-state index is 13.5. The molecule has 1 atom stereocenters. The molecular weight excluding hydrogens is 273 g/mol. The lowest BCUT2D eigenvalue weighted by Crippen LogP contribution is -2.18. The molecule has 0 aliphatic carbocycles. The predicted octanol–water partition coefficient (Wildman–Crippen LogP) is 3.36. The highest BCUT2D eigenvalue weighted by atomic mass is 19.1. The molecule has 0 amide bonds. The molecule has 1 aromatic carbocycles. The monoisotopic (exact) mass is 291 g/mol. The van der Waals surface area contributed by atoms with Gasteiger partial charge in [-0.15, -0.1) is 0 Å². The number of benzene rings is 1. The van der Waals surface area contributed by atoms with Crippen molar-refractivity contribution >= 4 is 5.97 Å². The van der Waals surface area contributed by atoms with Gasteiger partial charge in [-0.05, 0) is 37.1 Å². The van der Waals surface area contributed by atoms with Crippen molar-refractivity contribution in [1.29, 1.82) is 0 Å². The van der Waals surface area contributed by atoms with Gasteiger partial charge in [-0.1, -0.05) is 12.1 Å². The Labute approximate surface area is 122 Å². The van der Waals surface area contributed by atoms with Gasteiger partial charge in [-0.25, -0.2) is 9.18 Å². The molecule has 2 rings (SSSR count). The molecule has 1 unspecified atom stereocenters. The third-order valence-electron chi connectivity index (χ3n) is 3.35. The Morgan fingerprint density at radius 3 is 2.86 bits per heavy atom. The lowest BCUT2D eigenvalue weighted by molar-refractivity contribution is 0.0600. The smallest absolute Gasteiger partial charge is 0.341 e. The number of carbonyl (C=O) groups excluding carboxylic acids is 1. The first-order valence-corrected chi connectivity index (χ1v) is 6.66. The third-order valence-corrected chi connectivity index (χ3v) is 3.35. The first-order valence-electron chi connectivity index (χ1n) is 6.66. The van der Waals surface area contributed by atoms with E-state index >= 15 is 0 Å². The Hall–Kier alpha value is -2.14. The number of methoxy groups -OCH3 is 1. The Balaban J connectivity index is 1.97. The van der Waals surface area contributed by atoms with Crippen LogP contribution in [0.5, 0.6) is 0 Å². The number of rotatable bonds is 5. The fourth-order valence-electron chi connectivity index (χ4n) is 1.95. The zero-order valence-corrected chi connectivity index (χ0v) is 12.3. The van der Waals surface area contributed by atoms with Gasteiger partial charge in [0.05, 0.1) is 19.2 Å². The van der Waals surface area contributed by atoms with Crippen LogP contribution in [0.3, 0.4) is 0 Å². The van der Waals surface area contributed by atoms with Crippen molar-refractivity contribution in [3.8, 4) is 0 Å². The highest BCUT2D eigenvalue weighted by molar-refractivity contribution is 5.88. The number of aryl methyl sites for hydroxylation is 1. The lowest BCUT2D eigenvalue weighted by atomic mass is 10.1. The lowest BCUT2D eigenvalue weighted by Gasteiger charge is -2.13. The molecule has 2 aromatic rings. The van der Waals surface area contributed by atoms with Crippen LogP contribution in [0.1, 0.15) is 40.2 Å². The number of carbonyl (C=O) groups is 1. The van der Waals surface area contributed by atoms with E-state index < -0.39 is 5.97 Å². The molecule has 1 N–H and O–H groups in total. The quantitative estimate of drug-likeness (QED) is 0.858. The molecule has 0 aliphatic rings. The second-order valence-electron chi connectivity index (χ2n) is 4.90. The molecular formula is C16H18FNO3. The van der Waals surface area contributed by atoms with Gasteiger partial charge in [0, 0.05) is 6.04 Å². The third kappa shape index (κ3) is 3.70. The summed E-state index contributed by atoms with van der Waals surface area (Å²) < 4.78 is 23.4. The van der Waals surface area contributed by atoms with Gasteiger partial charge in [0.25, 0.3) is 0 Å².